The van der Waals surface area contributed by atoms with Gasteiger partial charge in [-0.1, -0.05) is 30.3 Å². The first kappa shape index (κ1) is 17.2. The molecule has 1 unspecified atom stereocenters. The summed E-state index contributed by atoms with van der Waals surface area (Å²) in [6.07, 6.45) is 1.70. The number of nitrogens with zero attached hydrogens (tertiary/aromatic N) is 3. The second-order valence-corrected chi connectivity index (χ2v) is 7.51. The van der Waals surface area contributed by atoms with Crippen LogP contribution < -0.4 is 0 Å². The van der Waals surface area contributed by atoms with E-state index < -0.39 is 0 Å². The summed E-state index contributed by atoms with van der Waals surface area (Å²) in [5.74, 6) is -0.220. The summed E-state index contributed by atoms with van der Waals surface area (Å²) in [7, 11) is 1.97. The maximum absolute atomic E-state index is 13.1. The Balaban J connectivity index is 1.50. The quantitative estimate of drug-likeness (QED) is 0.766. The Morgan fingerprint density at radius 3 is 2.69 bits per heavy atom. The molecule has 1 atom stereocenters. The van der Waals surface area contributed by atoms with Crippen molar-refractivity contribution in [1.82, 2.24) is 14.7 Å². The van der Waals surface area contributed by atoms with Gasteiger partial charge in [-0.15, -0.1) is 0 Å². The Bertz CT molecular complexity index is 905. The summed E-state index contributed by atoms with van der Waals surface area (Å²) in [6, 6.07) is 14.9. The molecule has 1 saturated heterocycles. The summed E-state index contributed by atoms with van der Waals surface area (Å²) in [5, 5.41) is 16.0. The van der Waals surface area contributed by atoms with Crippen LogP contribution in [0.5, 0.6) is 0 Å². The molecule has 26 heavy (non-hydrogen) atoms. The van der Waals surface area contributed by atoms with E-state index in [2.05, 4.69) is 17.0 Å². The van der Waals surface area contributed by atoms with Gasteiger partial charge in [-0.2, -0.15) is 5.10 Å². The molecule has 2 aromatic carbocycles. The van der Waals surface area contributed by atoms with Crippen LogP contribution in [0, 0.1) is 11.2 Å². The maximum Gasteiger partial charge on any atom is 0.123 e. The second kappa shape index (κ2) is 6.82. The summed E-state index contributed by atoms with van der Waals surface area (Å²) in [4.78, 5) is 2.37. The van der Waals surface area contributed by atoms with E-state index in [1.165, 1.54) is 17.5 Å². The fourth-order valence-corrected chi connectivity index (χ4v) is 4.14. The van der Waals surface area contributed by atoms with Crippen LogP contribution in [0.2, 0.25) is 0 Å². The Labute approximate surface area is 152 Å². The van der Waals surface area contributed by atoms with Crippen LogP contribution in [0.3, 0.4) is 0 Å². The van der Waals surface area contributed by atoms with E-state index in [0.29, 0.717) is 0 Å². The van der Waals surface area contributed by atoms with E-state index in [4.69, 9.17) is 5.10 Å². The van der Waals surface area contributed by atoms with Gasteiger partial charge >= 0.3 is 0 Å². The Hall–Kier alpha value is -2.24. The van der Waals surface area contributed by atoms with E-state index >= 15 is 0 Å². The number of benzene rings is 2. The molecule has 1 aliphatic rings. The summed E-state index contributed by atoms with van der Waals surface area (Å²) >= 11 is 0. The number of rotatable bonds is 5. The number of para-hydroxylation sites is 1. The molecule has 1 N–H and O–H groups in total. The van der Waals surface area contributed by atoms with Crippen LogP contribution in [0.4, 0.5) is 4.39 Å². The highest BCUT2D eigenvalue weighted by molar-refractivity contribution is 5.81. The van der Waals surface area contributed by atoms with E-state index in [0.717, 1.165) is 49.2 Å². The average Bonchev–Trinajstić information content (AvgIpc) is 3.20. The van der Waals surface area contributed by atoms with Crippen molar-refractivity contribution < 1.29 is 9.50 Å². The fraction of sp³-hybridized carbons (Fsp3) is 0.381. The van der Waals surface area contributed by atoms with Gasteiger partial charge in [-0.3, -0.25) is 9.58 Å². The lowest BCUT2D eigenvalue weighted by Gasteiger charge is -2.27. The predicted octanol–water partition coefficient (Wildman–Crippen LogP) is 3.14. The summed E-state index contributed by atoms with van der Waals surface area (Å²) in [5.41, 5.74) is 3.13. The highest BCUT2D eigenvalue weighted by Crippen LogP contribution is 2.35. The molecular weight excluding hydrogens is 329 g/mol. The van der Waals surface area contributed by atoms with Gasteiger partial charge in [-0.25, -0.2) is 4.39 Å². The molecule has 0 radical (unpaired) electrons. The van der Waals surface area contributed by atoms with E-state index in [1.807, 2.05) is 36.0 Å². The molecule has 0 saturated carbocycles. The number of halogens is 1. The fourth-order valence-electron chi connectivity index (χ4n) is 4.14. The molecule has 0 spiro atoms. The third-order valence-electron chi connectivity index (χ3n) is 5.55. The SMILES string of the molecule is Cn1nc(CN2CCC(CO)(Cc3ccc(F)cc3)C2)c2ccccc21. The first-order valence-electron chi connectivity index (χ1n) is 9.07. The molecule has 0 aliphatic carbocycles. The normalized spacial score (nSPS) is 20.9. The molecule has 0 bridgehead atoms. The first-order chi connectivity index (χ1) is 12.6. The van der Waals surface area contributed by atoms with E-state index in [9.17, 15) is 9.50 Å². The number of aliphatic hydroxyl groups excluding tert-OH is 1. The maximum atomic E-state index is 13.1. The molecule has 4 rings (SSSR count). The number of fused-ring (bicyclic) bond motifs is 1. The number of hydrogen-bond acceptors (Lipinski definition) is 3. The van der Waals surface area contributed by atoms with Crippen molar-refractivity contribution in [3.63, 3.8) is 0 Å². The van der Waals surface area contributed by atoms with Crippen molar-refractivity contribution in [2.75, 3.05) is 19.7 Å². The monoisotopic (exact) mass is 353 g/mol. The smallest absolute Gasteiger partial charge is 0.123 e. The van der Waals surface area contributed by atoms with Crippen LogP contribution in [0.25, 0.3) is 10.9 Å². The number of likely N-dealkylation sites (tertiary alicyclic amines) is 1. The third-order valence-corrected chi connectivity index (χ3v) is 5.55. The molecule has 1 aliphatic heterocycles. The van der Waals surface area contributed by atoms with Gasteiger partial charge in [0.25, 0.3) is 0 Å². The van der Waals surface area contributed by atoms with Gasteiger partial charge < -0.3 is 5.11 Å². The van der Waals surface area contributed by atoms with Crippen LogP contribution in [-0.2, 0) is 20.0 Å². The lowest BCUT2D eigenvalue weighted by molar-refractivity contribution is 0.126. The molecular formula is C21H24FN3O. The van der Waals surface area contributed by atoms with Crippen molar-refractivity contribution in [1.29, 1.82) is 0 Å². The van der Waals surface area contributed by atoms with Crippen LogP contribution in [-0.4, -0.2) is 39.5 Å². The topological polar surface area (TPSA) is 41.3 Å². The van der Waals surface area contributed by atoms with Crippen LogP contribution in [0.15, 0.2) is 48.5 Å². The molecule has 1 fully saturated rings. The van der Waals surface area contributed by atoms with E-state index in [1.54, 1.807) is 0 Å². The molecule has 2 heterocycles. The number of aromatic nitrogens is 2. The zero-order valence-electron chi connectivity index (χ0n) is 15.0. The Kier molecular flexibility index (Phi) is 4.51. The largest absolute Gasteiger partial charge is 0.396 e. The predicted molar refractivity (Wildman–Crippen MR) is 100 cm³/mol. The Morgan fingerprint density at radius 2 is 1.92 bits per heavy atom. The minimum absolute atomic E-state index is 0.143. The minimum atomic E-state index is -0.220. The van der Waals surface area contributed by atoms with Crippen molar-refractivity contribution in [2.24, 2.45) is 12.5 Å². The number of aryl methyl sites for hydroxylation is 1. The van der Waals surface area contributed by atoms with Gasteiger partial charge in [0.05, 0.1) is 17.8 Å². The van der Waals surface area contributed by atoms with Crippen molar-refractivity contribution in [3.05, 3.63) is 65.6 Å². The highest BCUT2D eigenvalue weighted by atomic mass is 19.1. The number of aliphatic hydroxyl groups is 1. The molecule has 1 aromatic heterocycles. The first-order valence-corrected chi connectivity index (χ1v) is 9.07. The van der Waals surface area contributed by atoms with Gasteiger partial charge in [0.1, 0.15) is 5.82 Å². The minimum Gasteiger partial charge on any atom is -0.396 e. The number of hydrogen-bond donors (Lipinski definition) is 1. The molecule has 4 nitrogen and oxygen atoms in total. The van der Waals surface area contributed by atoms with Gasteiger partial charge in [0.2, 0.25) is 0 Å². The second-order valence-electron chi connectivity index (χ2n) is 7.51. The van der Waals surface area contributed by atoms with Gasteiger partial charge in [0.15, 0.2) is 0 Å². The lowest BCUT2D eigenvalue weighted by atomic mass is 9.81. The van der Waals surface area contributed by atoms with Crippen LogP contribution in [0.1, 0.15) is 17.7 Å². The molecule has 5 heteroatoms. The van der Waals surface area contributed by atoms with Crippen molar-refractivity contribution >= 4 is 10.9 Å². The van der Waals surface area contributed by atoms with E-state index in [-0.39, 0.29) is 17.8 Å². The van der Waals surface area contributed by atoms with Gasteiger partial charge in [0, 0.05) is 30.9 Å². The summed E-state index contributed by atoms with van der Waals surface area (Å²) in [6.45, 7) is 2.69. The Morgan fingerprint density at radius 1 is 1.15 bits per heavy atom. The van der Waals surface area contributed by atoms with Crippen molar-refractivity contribution in [3.8, 4) is 0 Å². The lowest BCUT2D eigenvalue weighted by Crippen LogP contribution is -2.32. The standard InChI is InChI=1S/C21H24FN3O/c1-24-20-5-3-2-4-18(20)19(23-24)13-25-11-10-21(14-25,15-26)12-16-6-8-17(22)9-7-16/h2-9,26H,10-15H2,1H3. The third kappa shape index (κ3) is 3.24. The zero-order chi connectivity index (χ0) is 18.1. The van der Waals surface area contributed by atoms with Gasteiger partial charge in [-0.05, 0) is 43.1 Å². The van der Waals surface area contributed by atoms with Crippen molar-refractivity contribution in [2.45, 2.75) is 19.4 Å². The zero-order valence-corrected chi connectivity index (χ0v) is 15.0. The molecule has 136 valence electrons. The highest BCUT2D eigenvalue weighted by Gasteiger charge is 2.38. The van der Waals surface area contributed by atoms with Crippen LogP contribution >= 0.6 is 0 Å². The average molecular weight is 353 g/mol. The summed E-state index contributed by atoms with van der Waals surface area (Å²) < 4.78 is 15.1. The molecule has 0 amide bonds. The molecule has 3 aromatic rings.